The Morgan fingerprint density at radius 3 is 2.41 bits per heavy atom. The first kappa shape index (κ1) is 18.9. The molecule has 1 aromatic heterocycles. The predicted molar refractivity (Wildman–Crippen MR) is 77.6 cm³/mol. The number of alkyl halides is 3. The van der Waals surface area contributed by atoms with Crippen molar-refractivity contribution < 1.29 is 32.3 Å². The molecule has 0 spiro atoms. The van der Waals surface area contributed by atoms with E-state index in [0.29, 0.717) is 8.26 Å². The van der Waals surface area contributed by atoms with E-state index in [2.05, 4.69) is 36.6 Å². The number of nitrogens with one attached hydrogen (secondary N) is 2. The molecule has 0 aliphatic heterocycles. The molecule has 12 heteroatoms. The lowest BCUT2D eigenvalue weighted by Crippen LogP contribution is -2.44. The summed E-state index contributed by atoms with van der Waals surface area (Å²) in [6.07, 6.45) is -4.59. The molecule has 2 N–H and O–H groups in total. The van der Waals surface area contributed by atoms with Crippen molar-refractivity contribution in [3.8, 4) is 0 Å². The summed E-state index contributed by atoms with van der Waals surface area (Å²) in [5, 5.41) is 3.03. The maximum absolute atomic E-state index is 11.8. The van der Waals surface area contributed by atoms with Crippen LogP contribution in [0.25, 0.3) is 0 Å². The molecule has 22 heavy (non-hydrogen) atoms. The molecule has 1 aromatic rings. The molecule has 0 radical (unpaired) electrons. The molecule has 122 valence electrons. The fourth-order valence-electron chi connectivity index (χ4n) is 1.04. The van der Waals surface area contributed by atoms with E-state index in [1.165, 1.54) is 11.4 Å². The van der Waals surface area contributed by atoms with Crippen molar-refractivity contribution in [2.24, 2.45) is 0 Å². The van der Waals surface area contributed by atoms with Crippen molar-refractivity contribution in [3.05, 3.63) is 19.2 Å². The van der Waals surface area contributed by atoms with E-state index in [1.807, 2.05) is 0 Å². The van der Waals surface area contributed by atoms with Gasteiger partial charge >= 0.3 is 18.2 Å². The summed E-state index contributed by atoms with van der Waals surface area (Å²) < 4.78 is 41.4. The monoisotopic (exact) mass is 466 g/mol. The third-order valence-electron chi connectivity index (χ3n) is 1.88. The van der Waals surface area contributed by atoms with Gasteiger partial charge in [0, 0.05) is 4.47 Å². The van der Waals surface area contributed by atoms with Crippen molar-refractivity contribution in [3.63, 3.8) is 0 Å². The topological polar surface area (TPSA) is 84.5 Å². The lowest BCUT2D eigenvalue weighted by molar-refractivity contribution is -0.125. The van der Waals surface area contributed by atoms with Gasteiger partial charge in [-0.2, -0.15) is 13.2 Å². The van der Waals surface area contributed by atoms with Gasteiger partial charge in [0.2, 0.25) is 0 Å². The Balaban J connectivity index is 2.36. The van der Waals surface area contributed by atoms with Crippen LogP contribution >= 0.6 is 43.2 Å². The zero-order chi connectivity index (χ0) is 16.9. The number of halogens is 5. The Kier molecular flexibility index (Phi) is 6.81. The van der Waals surface area contributed by atoms with Gasteiger partial charge in [0.05, 0.1) is 3.79 Å². The second-order valence-corrected chi connectivity index (χ2v) is 6.88. The van der Waals surface area contributed by atoms with Crippen LogP contribution in [0.2, 0.25) is 0 Å². The highest BCUT2D eigenvalue weighted by molar-refractivity contribution is 9.13. The van der Waals surface area contributed by atoms with Gasteiger partial charge in [-0.1, -0.05) is 0 Å². The molecule has 1 heterocycles. The van der Waals surface area contributed by atoms with Crippen LogP contribution in [0.15, 0.2) is 14.3 Å². The Hall–Kier alpha value is -1.14. The standard InChI is InChI=1S/C10H7Br2F3N2O4S/c11-4-1-5(22-7(4)12)8(19)21-2-6(18)17-9(20)16-3-10(13,14)15/h1H,2-3H2,(H2,16,17,18,20). The first-order chi connectivity index (χ1) is 10.1. The largest absolute Gasteiger partial charge is 0.451 e. The Morgan fingerprint density at radius 2 is 1.91 bits per heavy atom. The number of esters is 1. The normalized spacial score (nSPS) is 11.0. The SMILES string of the molecule is O=C(COC(=O)c1cc(Br)c(Br)s1)NC(=O)NCC(F)(F)F. The zero-order valence-electron chi connectivity index (χ0n) is 10.4. The fraction of sp³-hybridized carbons (Fsp3) is 0.300. The van der Waals surface area contributed by atoms with E-state index in [-0.39, 0.29) is 4.88 Å². The van der Waals surface area contributed by atoms with Gasteiger partial charge in [-0.05, 0) is 37.9 Å². The molecule has 0 aliphatic rings. The highest BCUT2D eigenvalue weighted by Gasteiger charge is 2.28. The predicted octanol–water partition coefficient (Wildman–Crippen LogP) is 2.82. The number of carbonyl (C=O) groups is 3. The van der Waals surface area contributed by atoms with Gasteiger partial charge in [-0.15, -0.1) is 11.3 Å². The van der Waals surface area contributed by atoms with E-state index in [9.17, 15) is 27.6 Å². The highest BCUT2D eigenvalue weighted by atomic mass is 79.9. The van der Waals surface area contributed by atoms with E-state index < -0.39 is 37.2 Å². The number of ether oxygens (including phenoxy) is 1. The maximum atomic E-state index is 11.8. The lowest BCUT2D eigenvalue weighted by Gasteiger charge is -2.09. The number of thiophene rings is 1. The van der Waals surface area contributed by atoms with Crippen molar-refractivity contribution in [2.75, 3.05) is 13.2 Å². The van der Waals surface area contributed by atoms with Gasteiger partial charge < -0.3 is 10.1 Å². The van der Waals surface area contributed by atoms with Crippen molar-refractivity contribution in [1.29, 1.82) is 0 Å². The van der Waals surface area contributed by atoms with E-state index in [0.717, 1.165) is 11.3 Å². The molecule has 0 unspecified atom stereocenters. The average Bonchev–Trinajstić information content (AvgIpc) is 2.73. The number of urea groups is 1. The maximum Gasteiger partial charge on any atom is 0.405 e. The van der Waals surface area contributed by atoms with Crippen LogP contribution in [-0.2, 0) is 9.53 Å². The average molecular weight is 468 g/mol. The summed E-state index contributed by atoms with van der Waals surface area (Å²) in [5.41, 5.74) is 0. The summed E-state index contributed by atoms with van der Waals surface area (Å²) in [4.78, 5) is 34.0. The molecular formula is C10H7Br2F3N2O4S. The first-order valence-electron chi connectivity index (χ1n) is 5.35. The molecule has 0 saturated carbocycles. The molecule has 0 fully saturated rings. The van der Waals surface area contributed by atoms with Crippen LogP contribution in [0.3, 0.4) is 0 Å². The number of carbonyl (C=O) groups excluding carboxylic acids is 3. The van der Waals surface area contributed by atoms with E-state index in [4.69, 9.17) is 0 Å². The van der Waals surface area contributed by atoms with Gasteiger partial charge in [-0.25, -0.2) is 9.59 Å². The number of hydrogen-bond donors (Lipinski definition) is 2. The molecule has 1 rings (SSSR count). The van der Waals surface area contributed by atoms with Gasteiger partial charge in [0.15, 0.2) is 6.61 Å². The van der Waals surface area contributed by atoms with Crippen LogP contribution < -0.4 is 10.6 Å². The van der Waals surface area contributed by atoms with E-state index >= 15 is 0 Å². The van der Waals surface area contributed by atoms with Crippen molar-refractivity contribution >= 4 is 61.1 Å². The Labute approximate surface area is 142 Å². The van der Waals surface area contributed by atoms with Gasteiger partial charge in [0.1, 0.15) is 11.4 Å². The fourth-order valence-corrected chi connectivity index (χ4v) is 2.97. The van der Waals surface area contributed by atoms with Crippen LogP contribution in [0, 0.1) is 0 Å². The number of hydrogen-bond acceptors (Lipinski definition) is 5. The molecule has 0 aliphatic carbocycles. The molecule has 0 aromatic carbocycles. The molecule has 6 nitrogen and oxygen atoms in total. The third kappa shape index (κ3) is 6.75. The third-order valence-corrected chi connectivity index (χ3v) is 5.12. The van der Waals surface area contributed by atoms with Crippen molar-refractivity contribution in [2.45, 2.75) is 6.18 Å². The number of amides is 3. The summed E-state index contributed by atoms with van der Waals surface area (Å²) in [6.45, 7) is -2.38. The Morgan fingerprint density at radius 1 is 1.27 bits per heavy atom. The molecule has 0 bridgehead atoms. The summed E-state index contributed by atoms with van der Waals surface area (Å²) in [6, 6.07) is 0.130. The van der Waals surface area contributed by atoms with Crippen LogP contribution in [0.4, 0.5) is 18.0 Å². The minimum Gasteiger partial charge on any atom is -0.451 e. The van der Waals surface area contributed by atoms with Crippen LogP contribution in [0.5, 0.6) is 0 Å². The second kappa shape index (κ2) is 7.92. The second-order valence-electron chi connectivity index (χ2n) is 3.65. The first-order valence-corrected chi connectivity index (χ1v) is 7.75. The molecule has 3 amide bonds. The Bertz CT molecular complexity index is 572. The van der Waals surface area contributed by atoms with Crippen LogP contribution in [0.1, 0.15) is 9.67 Å². The van der Waals surface area contributed by atoms with Gasteiger partial charge in [0.25, 0.3) is 5.91 Å². The van der Waals surface area contributed by atoms with Crippen LogP contribution in [-0.4, -0.2) is 37.2 Å². The zero-order valence-corrected chi connectivity index (χ0v) is 14.4. The molecular weight excluding hydrogens is 461 g/mol. The highest BCUT2D eigenvalue weighted by Crippen LogP contribution is 2.32. The number of imide groups is 1. The minimum absolute atomic E-state index is 0.202. The number of rotatable bonds is 4. The summed E-state index contributed by atoms with van der Waals surface area (Å²) >= 11 is 7.39. The molecule has 0 saturated heterocycles. The summed E-state index contributed by atoms with van der Waals surface area (Å²) in [7, 11) is 0. The molecule has 0 atom stereocenters. The van der Waals surface area contributed by atoms with Gasteiger partial charge in [-0.3, -0.25) is 10.1 Å². The summed E-state index contributed by atoms with van der Waals surface area (Å²) in [5.74, 6) is -1.86. The minimum atomic E-state index is -4.59. The lowest BCUT2D eigenvalue weighted by atomic mass is 10.5. The smallest absolute Gasteiger partial charge is 0.405 e. The van der Waals surface area contributed by atoms with E-state index in [1.54, 1.807) is 5.32 Å². The van der Waals surface area contributed by atoms with Crippen molar-refractivity contribution in [1.82, 2.24) is 10.6 Å². The quantitative estimate of drug-likeness (QED) is 0.667.